The van der Waals surface area contributed by atoms with E-state index in [1.165, 1.54) is 11.1 Å². The minimum atomic E-state index is -0.939. The molecule has 1 unspecified atom stereocenters. The molecule has 37 heavy (non-hydrogen) atoms. The number of hydrogen-bond acceptors (Lipinski definition) is 5. The number of carboxylic acid groups (broad SMARTS) is 1. The van der Waals surface area contributed by atoms with Gasteiger partial charge in [0.05, 0.1) is 17.6 Å². The molecule has 4 aromatic rings. The van der Waals surface area contributed by atoms with Gasteiger partial charge in [0, 0.05) is 11.8 Å². The van der Waals surface area contributed by atoms with Crippen LogP contribution in [0.1, 0.15) is 34.7 Å². The van der Waals surface area contributed by atoms with Crippen LogP contribution in [0.15, 0.2) is 90.3 Å². The average molecular weight is 498 g/mol. The van der Waals surface area contributed by atoms with E-state index in [4.69, 9.17) is 9.57 Å². The number of aromatic nitrogens is 2. The Labute approximate surface area is 217 Å². The van der Waals surface area contributed by atoms with E-state index in [1.54, 1.807) is 13.1 Å². The molecule has 0 aliphatic carbocycles. The van der Waals surface area contributed by atoms with Gasteiger partial charge < -0.3 is 14.7 Å². The maximum atomic E-state index is 11.9. The zero-order valence-corrected chi connectivity index (χ0v) is 21.3. The first kappa shape index (κ1) is 25.7. The number of aliphatic carboxylic acids is 1. The van der Waals surface area contributed by atoms with E-state index in [9.17, 15) is 9.90 Å². The molecule has 0 bridgehead atoms. The monoisotopic (exact) mass is 497 g/mol. The molecule has 190 valence electrons. The Morgan fingerprint density at radius 2 is 1.51 bits per heavy atom. The largest absolute Gasteiger partial charge is 0.489 e. The van der Waals surface area contributed by atoms with Crippen LogP contribution >= 0.6 is 0 Å². The maximum absolute atomic E-state index is 11.9. The Kier molecular flexibility index (Phi) is 8.36. The highest BCUT2D eigenvalue weighted by Crippen LogP contribution is 2.19. The second-order valence-corrected chi connectivity index (χ2v) is 9.15. The van der Waals surface area contributed by atoms with Crippen LogP contribution in [0.2, 0.25) is 0 Å². The molecule has 1 heterocycles. The van der Waals surface area contributed by atoms with Gasteiger partial charge in [0.25, 0.3) is 0 Å². The summed E-state index contributed by atoms with van der Waals surface area (Å²) in [5.41, 5.74) is 6.59. The number of oxime groups is 1. The molecular weight excluding hydrogens is 466 g/mol. The van der Waals surface area contributed by atoms with Gasteiger partial charge in [-0.05, 0) is 62.6 Å². The van der Waals surface area contributed by atoms with E-state index in [2.05, 4.69) is 29.3 Å². The van der Waals surface area contributed by atoms with Crippen LogP contribution in [0.25, 0.3) is 5.69 Å². The molecule has 7 heteroatoms. The van der Waals surface area contributed by atoms with Gasteiger partial charge in [0.2, 0.25) is 0 Å². The molecule has 4 rings (SSSR count). The zero-order valence-electron chi connectivity index (χ0n) is 21.3. The van der Waals surface area contributed by atoms with Crippen molar-refractivity contribution in [2.45, 2.75) is 40.4 Å². The second kappa shape index (κ2) is 12.0. The first-order chi connectivity index (χ1) is 17.9. The third-order valence-corrected chi connectivity index (χ3v) is 6.07. The fourth-order valence-corrected chi connectivity index (χ4v) is 3.77. The van der Waals surface area contributed by atoms with Crippen molar-refractivity contribution in [1.82, 2.24) is 9.78 Å². The number of benzene rings is 3. The highest BCUT2D eigenvalue weighted by molar-refractivity contribution is 6.00. The molecule has 3 aromatic carbocycles. The van der Waals surface area contributed by atoms with E-state index >= 15 is 0 Å². The van der Waals surface area contributed by atoms with Crippen LogP contribution in [-0.2, 0) is 29.3 Å². The number of rotatable bonds is 11. The molecule has 7 nitrogen and oxygen atoms in total. The predicted molar refractivity (Wildman–Crippen MR) is 143 cm³/mol. The fraction of sp³-hybridized carbons (Fsp3) is 0.233. The molecule has 0 saturated carbocycles. The summed E-state index contributed by atoms with van der Waals surface area (Å²) in [5.74, 6) is -1.02. The summed E-state index contributed by atoms with van der Waals surface area (Å²) in [6.45, 7) is 6.43. The van der Waals surface area contributed by atoms with Crippen LogP contribution < -0.4 is 4.74 Å². The fourth-order valence-electron chi connectivity index (χ4n) is 3.77. The highest BCUT2D eigenvalue weighted by Gasteiger charge is 2.22. The molecular formula is C30H31N3O4. The summed E-state index contributed by atoms with van der Waals surface area (Å²) in [6.07, 6.45) is 4.04. The summed E-state index contributed by atoms with van der Waals surface area (Å²) in [7, 11) is 0. The molecule has 0 aliphatic rings. The summed E-state index contributed by atoms with van der Waals surface area (Å²) in [5, 5.41) is 18.2. The Hall–Kier alpha value is -4.39. The van der Waals surface area contributed by atoms with Crippen molar-refractivity contribution in [2.75, 3.05) is 0 Å². The Bertz CT molecular complexity index is 1340. The number of hydrogen-bond donors (Lipinski definition) is 1. The van der Waals surface area contributed by atoms with Gasteiger partial charge >= 0.3 is 5.97 Å². The van der Waals surface area contributed by atoms with Gasteiger partial charge in [-0.2, -0.15) is 5.10 Å². The predicted octanol–water partition coefficient (Wildman–Crippen LogP) is 5.90. The number of nitrogens with zero attached hydrogens (tertiary/aromatic N) is 3. The first-order valence-electron chi connectivity index (χ1n) is 12.1. The van der Waals surface area contributed by atoms with Crippen molar-refractivity contribution in [2.24, 2.45) is 11.1 Å². The van der Waals surface area contributed by atoms with Gasteiger partial charge in [-0.15, -0.1) is 0 Å². The van der Waals surface area contributed by atoms with Crippen molar-refractivity contribution >= 4 is 11.7 Å². The molecule has 0 fully saturated rings. The summed E-state index contributed by atoms with van der Waals surface area (Å²) >= 11 is 0. The number of ether oxygens (including phenoxy) is 1. The maximum Gasteiger partial charge on any atom is 0.312 e. The van der Waals surface area contributed by atoms with E-state index in [0.717, 1.165) is 22.4 Å². The lowest BCUT2D eigenvalue weighted by Gasteiger charge is -2.13. The van der Waals surface area contributed by atoms with Gasteiger partial charge in [0.15, 0.2) is 0 Å². The van der Waals surface area contributed by atoms with Gasteiger partial charge in [-0.1, -0.05) is 64.8 Å². The third kappa shape index (κ3) is 7.30. The smallest absolute Gasteiger partial charge is 0.312 e. The minimum Gasteiger partial charge on any atom is -0.489 e. The van der Waals surface area contributed by atoms with Gasteiger partial charge in [-0.3, -0.25) is 4.79 Å². The molecule has 0 saturated heterocycles. The van der Waals surface area contributed by atoms with Crippen molar-refractivity contribution in [1.29, 1.82) is 0 Å². The summed E-state index contributed by atoms with van der Waals surface area (Å²) < 4.78 is 7.73. The number of aryl methyl sites for hydroxylation is 2. The number of carbonyl (C=O) groups is 1. The van der Waals surface area contributed by atoms with Crippen molar-refractivity contribution in [3.05, 3.63) is 113 Å². The van der Waals surface area contributed by atoms with E-state index in [0.29, 0.717) is 31.1 Å². The summed E-state index contributed by atoms with van der Waals surface area (Å²) in [4.78, 5) is 17.3. The molecule has 1 atom stereocenters. The Morgan fingerprint density at radius 3 is 2.16 bits per heavy atom. The van der Waals surface area contributed by atoms with E-state index < -0.39 is 11.9 Å². The topological polar surface area (TPSA) is 85.9 Å². The highest BCUT2D eigenvalue weighted by atomic mass is 16.6. The van der Waals surface area contributed by atoms with E-state index in [-0.39, 0.29) is 0 Å². The van der Waals surface area contributed by atoms with E-state index in [1.807, 2.05) is 78.5 Å². The van der Waals surface area contributed by atoms with Crippen LogP contribution in [-0.4, -0.2) is 26.6 Å². The Balaban J connectivity index is 1.30. The molecule has 0 radical (unpaired) electrons. The van der Waals surface area contributed by atoms with Crippen molar-refractivity contribution < 1.29 is 19.5 Å². The van der Waals surface area contributed by atoms with Crippen molar-refractivity contribution in [3.8, 4) is 11.4 Å². The van der Waals surface area contributed by atoms with Crippen LogP contribution in [0.5, 0.6) is 5.75 Å². The molecule has 1 N–H and O–H groups in total. The molecule has 0 amide bonds. The lowest BCUT2D eigenvalue weighted by molar-refractivity contribution is -0.139. The van der Waals surface area contributed by atoms with Crippen LogP contribution in [0.4, 0.5) is 0 Å². The first-order valence-corrected chi connectivity index (χ1v) is 12.1. The molecule has 0 aliphatic heterocycles. The normalized spacial score (nSPS) is 12.2. The van der Waals surface area contributed by atoms with Crippen LogP contribution in [0.3, 0.4) is 0 Å². The van der Waals surface area contributed by atoms with Gasteiger partial charge in [0.1, 0.15) is 24.9 Å². The quantitative estimate of drug-likeness (QED) is 0.206. The Morgan fingerprint density at radius 1 is 0.892 bits per heavy atom. The van der Waals surface area contributed by atoms with Crippen LogP contribution in [0, 0.1) is 19.8 Å². The van der Waals surface area contributed by atoms with Gasteiger partial charge in [-0.25, -0.2) is 4.68 Å². The standard InChI is InChI=1S/C30H31N3O4/c1-21-4-8-25(9-5-21)20-37-32-23(3)29(30(34)35)16-24-10-14-28(15-11-24)36-19-26-17-31-33(18-26)27-12-6-22(2)7-13-27/h4-15,17-18,29H,16,19-20H2,1-3H3,(H,34,35)/b32-23+. The summed E-state index contributed by atoms with van der Waals surface area (Å²) in [6, 6.07) is 23.5. The molecule has 1 aromatic heterocycles. The SMILES string of the molecule is C/C(=N\OCc1ccc(C)cc1)C(Cc1ccc(OCc2cnn(-c3ccc(C)cc3)c2)cc1)C(=O)O. The van der Waals surface area contributed by atoms with Crippen molar-refractivity contribution in [3.63, 3.8) is 0 Å². The lowest BCUT2D eigenvalue weighted by atomic mass is 9.95. The zero-order chi connectivity index (χ0) is 26.2. The third-order valence-electron chi connectivity index (χ3n) is 6.07. The average Bonchev–Trinajstić information content (AvgIpc) is 3.37. The lowest BCUT2D eigenvalue weighted by Crippen LogP contribution is -2.24. The second-order valence-electron chi connectivity index (χ2n) is 9.15. The molecule has 0 spiro atoms. The minimum absolute atomic E-state index is 0.292. The number of carboxylic acids is 1.